The number of hydrogen-bond donors (Lipinski definition) is 5. The van der Waals surface area contributed by atoms with Crippen LogP contribution >= 0.6 is 0 Å². The molecule has 3 aliphatic rings. The second-order valence-electron chi connectivity index (χ2n) is 16.9. The first-order chi connectivity index (χ1) is 24.4. The van der Waals surface area contributed by atoms with Crippen LogP contribution in [0.25, 0.3) is 0 Å². The van der Waals surface area contributed by atoms with Crippen LogP contribution in [0.4, 0.5) is 0 Å². The normalized spacial score (nSPS) is 48.6. The van der Waals surface area contributed by atoms with Gasteiger partial charge in [-0.05, 0) is 80.7 Å². The van der Waals surface area contributed by atoms with E-state index < -0.39 is 108 Å². The fraction of sp³-hybridized carbons (Fsp3) is 0.973. The van der Waals surface area contributed by atoms with Gasteiger partial charge < -0.3 is 58.9 Å². The molecule has 3 heterocycles. The Bertz CT molecular complexity index is 1200. The average molecular weight is 764 g/mol. The molecule has 0 aromatic heterocycles. The number of nitrogens with zero attached hydrogens (tertiary/aromatic N) is 3. The van der Waals surface area contributed by atoms with E-state index in [1.165, 1.54) is 21.1 Å². The molecule has 1 unspecified atom stereocenters. The summed E-state index contributed by atoms with van der Waals surface area (Å²) in [5, 5.41) is 62.1. The number of hydrogen-bond acceptors (Lipinski definition) is 15. The van der Waals surface area contributed by atoms with Gasteiger partial charge in [-0.1, -0.05) is 20.8 Å². The highest BCUT2D eigenvalue weighted by atomic mass is 16.7. The smallest absolute Gasteiger partial charge is 0.311 e. The van der Waals surface area contributed by atoms with Crippen molar-refractivity contribution in [3.05, 3.63) is 4.91 Å². The quantitative estimate of drug-likeness (QED) is 0.136. The largest absolute Gasteiger partial charge is 0.459 e. The van der Waals surface area contributed by atoms with Crippen LogP contribution in [0.3, 0.4) is 0 Å². The molecule has 0 aromatic rings. The van der Waals surface area contributed by atoms with Gasteiger partial charge in [0.25, 0.3) is 0 Å². The predicted octanol–water partition coefficient (Wildman–Crippen LogP) is 1.95. The molecule has 16 nitrogen and oxygen atoms in total. The first kappa shape index (κ1) is 45.8. The lowest BCUT2D eigenvalue weighted by Crippen LogP contribution is -2.60. The monoisotopic (exact) mass is 763 g/mol. The lowest BCUT2D eigenvalue weighted by Gasteiger charge is -2.48. The number of rotatable bonds is 8. The van der Waals surface area contributed by atoms with E-state index >= 15 is 0 Å². The third kappa shape index (κ3) is 10.2. The number of ether oxygens (including phenoxy) is 6. The lowest BCUT2D eigenvalue weighted by atomic mass is 9.77. The molecule has 0 spiro atoms. The number of cyclic esters (lactones) is 1. The summed E-state index contributed by atoms with van der Waals surface area (Å²) in [5.41, 5.74) is -4.53. The molecule has 3 saturated heterocycles. The number of aliphatic hydroxyl groups excluding tert-OH is 3. The molecular weight excluding hydrogens is 694 g/mol. The summed E-state index contributed by atoms with van der Waals surface area (Å²) in [5.74, 6) is -2.83. The molecule has 18 atom stereocenters. The predicted molar refractivity (Wildman–Crippen MR) is 194 cm³/mol. The van der Waals surface area contributed by atoms with Crippen LogP contribution in [0.5, 0.6) is 0 Å². The van der Waals surface area contributed by atoms with Gasteiger partial charge in [-0.2, -0.15) is 0 Å². The van der Waals surface area contributed by atoms with Crippen molar-refractivity contribution in [2.45, 2.75) is 185 Å². The first-order valence-electron chi connectivity index (χ1n) is 19.1. The Morgan fingerprint density at radius 2 is 1.60 bits per heavy atom. The van der Waals surface area contributed by atoms with Crippen LogP contribution in [0.1, 0.15) is 94.9 Å². The zero-order valence-electron chi connectivity index (χ0n) is 34.0. The number of likely N-dealkylation sites (N-methyl/N-ethyl adjacent to an activating group) is 2. The van der Waals surface area contributed by atoms with E-state index in [4.69, 9.17) is 28.4 Å². The van der Waals surface area contributed by atoms with Crippen LogP contribution in [-0.4, -0.2) is 159 Å². The maximum Gasteiger partial charge on any atom is 0.311 e. The Balaban J connectivity index is 2.18. The van der Waals surface area contributed by atoms with Gasteiger partial charge in [0.05, 0.1) is 52.9 Å². The molecular formula is C37H69N3O13. The summed E-state index contributed by atoms with van der Waals surface area (Å²) in [6, 6.07) is -1.31. The number of nitroso groups, excluding NO2 is 1. The van der Waals surface area contributed by atoms with Gasteiger partial charge in [0, 0.05) is 39.1 Å². The minimum absolute atomic E-state index is 0.0936. The minimum atomic E-state index is -1.83. The lowest BCUT2D eigenvalue weighted by molar-refractivity contribution is -0.318. The average Bonchev–Trinajstić information content (AvgIpc) is 3.09. The molecule has 0 aromatic carbocycles. The number of esters is 1. The summed E-state index contributed by atoms with van der Waals surface area (Å²) in [7, 11) is 4.75. The van der Waals surface area contributed by atoms with E-state index in [-0.39, 0.29) is 25.2 Å². The van der Waals surface area contributed by atoms with Gasteiger partial charge in [0.1, 0.15) is 30.0 Å². The van der Waals surface area contributed by atoms with Gasteiger partial charge in [0.15, 0.2) is 12.6 Å². The van der Waals surface area contributed by atoms with E-state index in [2.05, 4.69) is 5.29 Å². The molecule has 310 valence electrons. The van der Waals surface area contributed by atoms with Crippen molar-refractivity contribution in [1.29, 1.82) is 0 Å². The fourth-order valence-electron chi connectivity index (χ4n) is 8.65. The highest BCUT2D eigenvalue weighted by molar-refractivity contribution is 5.73. The first-order valence-corrected chi connectivity index (χ1v) is 19.1. The van der Waals surface area contributed by atoms with Gasteiger partial charge in [0.2, 0.25) is 0 Å². The molecule has 0 bridgehead atoms. The standard InChI is InChI=1S/C37H69N3O13/c1-14-26-37(10,46)30(42)23(6)39(11)18-19(2)16-35(8,45)32(53-34-28(41)25(40(12)38-47)15-20(3)49-34)21(4)29(22(5)33(44)51-26)52-27-17-36(9,48-13)31(43)24(7)50-27/h19-32,34,41-43,45-46H,14-18H2,1-13H3/t19-,20-,21+,22-,23-,24+,25+,26-,27+,28?,29+,30-,31+,32-,34+,35-,36-,37-/m1/s1. The van der Waals surface area contributed by atoms with E-state index in [1.54, 1.807) is 55.4 Å². The Labute approximate surface area is 315 Å². The fourth-order valence-corrected chi connectivity index (χ4v) is 8.65. The Hall–Kier alpha value is -1.57. The molecule has 3 aliphatic heterocycles. The minimum Gasteiger partial charge on any atom is -0.459 e. The maximum atomic E-state index is 14.2. The van der Waals surface area contributed by atoms with Crippen LogP contribution < -0.4 is 0 Å². The van der Waals surface area contributed by atoms with Crippen molar-refractivity contribution >= 4 is 5.97 Å². The molecule has 3 rings (SSSR count). The molecule has 0 saturated carbocycles. The SMILES string of the molecule is CC[C@H]1OC(=O)[C@H](C)[C@@H](O[C@H]2C[C@@](C)(OC)[C@@H](O)[C@H](C)O2)[C@H](C)[C@@H](O[C@@H]2O[C@H](C)C[C@H](N(C)N=O)C2O)[C@](C)(O)C[C@@H](C)CN(C)[C@H](C)[C@@H](O)[C@]1(C)O. The van der Waals surface area contributed by atoms with Crippen molar-refractivity contribution in [3.63, 3.8) is 0 Å². The van der Waals surface area contributed by atoms with Crippen molar-refractivity contribution in [3.8, 4) is 0 Å². The Morgan fingerprint density at radius 1 is 0.981 bits per heavy atom. The third-order valence-corrected chi connectivity index (χ3v) is 12.2. The molecule has 0 amide bonds. The highest BCUT2D eigenvalue weighted by Crippen LogP contribution is 2.40. The summed E-state index contributed by atoms with van der Waals surface area (Å²) >= 11 is 0. The Kier molecular flexibility index (Phi) is 15.7. The molecule has 16 heteroatoms. The third-order valence-electron chi connectivity index (χ3n) is 12.2. The zero-order valence-corrected chi connectivity index (χ0v) is 34.0. The second-order valence-corrected chi connectivity index (χ2v) is 16.9. The van der Waals surface area contributed by atoms with Gasteiger partial charge in [-0.15, -0.1) is 4.91 Å². The van der Waals surface area contributed by atoms with E-state index in [0.29, 0.717) is 13.0 Å². The van der Waals surface area contributed by atoms with Crippen LogP contribution in [-0.2, 0) is 33.2 Å². The van der Waals surface area contributed by atoms with Gasteiger partial charge >= 0.3 is 5.97 Å². The highest BCUT2D eigenvalue weighted by Gasteiger charge is 2.52. The molecule has 3 fully saturated rings. The summed E-state index contributed by atoms with van der Waals surface area (Å²) in [4.78, 5) is 27.6. The topological polar surface area (TPSA) is 210 Å². The summed E-state index contributed by atoms with van der Waals surface area (Å²) in [6.45, 7) is 17.5. The van der Waals surface area contributed by atoms with Crippen molar-refractivity contribution in [1.82, 2.24) is 9.91 Å². The number of methoxy groups -OCH3 is 1. The van der Waals surface area contributed by atoms with E-state index in [0.717, 1.165) is 5.01 Å². The number of carbonyl (C=O) groups is 1. The van der Waals surface area contributed by atoms with E-state index in [1.807, 2.05) is 18.9 Å². The second kappa shape index (κ2) is 18.1. The molecule has 53 heavy (non-hydrogen) atoms. The van der Waals surface area contributed by atoms with Crippen LogP contribution in [0, 0.1) is 22.7 Å². The summed E-state index contributed by atoms with van der Waals surface area (Å²) < 4.78 is 37.2. The number of carbonyl (C=O) groups excluding carboxylic acids is 1. The van der Waals surface area contributed by atoms with Crippen LogP contribution in [0.15, 0.2) is 5.29 Å². The summed E-state index contributed by atoms with van der Waals surface area (Å²) in [6.07, 6.45) is -9.65. The Morgan fingerprint density at radius 3 is 2.17 bits per heavy atom. The maximum absolute atomic E-state index is 14.2. The van der Waals surface area contributed by atoms with Crippen molar-refractivity contribution in [2.75, 3.05) is 27.7 Å². The van der Waals surface area contributed by atoms with Crippen molar-refractivity contribution in [2.24, 2.45) is 23.0 Å². The molecule has 0 aliphatic carbocycles. The zero-order chi connectivity index (χ0) is 40.4. The van der Waals surface area contributed by atoms with Gasteiger partial charge in [-0.3, -0.25) is 9.80 Å². The van der Waals surface area contributed by atoms with Crippen molar-refractivity contribution < 1.29 is 58.7 Å². The molecule has 5 N–H and O–H groups in total. The van der Waals surface area contributed by atoms with E-state index in [9.17, 15) is 35.2 Å². The number of aliphatic hydroxyl groups is 5. The van der Waals surface area contributed by atoms with Gasteiger partial charge in [-0.25, -0.2) is 0 Å². The molecule has 0 radical (unpaired) electrons. The van der Waals surface area contributed by atoms with Crippen LogP contribution in [0.2, 0.25) is 0 Å².